The number of hydrogen-bond acceptors (Lipinski definition) is 2. The minimum atomic E-state index is 0. The number of piperidine rings is 1. The van der Waals surface area contributed by atoms with Crippen LogP contribution in [0.4, 0.5) is 0 Å². The molecule has 1 aliphatic heterocycles. The third-order valence-electron chi connectivity index (χ3n) is 4.10. The van der Waals surface area contributed by atoms with Crippen LogP contribution in [0.1, 0.15) is 45.4 Å². The molecule has 1 saturated heterocycles. The predicted molar refractivity (Wildman–Crippen MR) is 72.3 cm³/mol. The molecule has 1 N–H and O–H groups in total. The van der Waals surface area contributed by atoms with E-state index in [4.69, 9.17) is 0 Å². The summed E-state index contributed by atoms with van der Waals surface area (Å²) in [5.41, 5.74) is 0. The van der Waals surface area contributed by atoms with Crippen LogP contribution in [0.5, 0.6) is 0 Å². The van der Waals surface area contributed by atoms with E-state index in [1.54, 1.807) is 0 Å². The van der Waals surface area contributed by atoms with Crippen LogP contribution in [0.3, 0.4) is 0 Å². The van der Waals surface area contributed by atoms with Crippen LogP contribution in [-0.2, 0) is 0 Å². The number of rotatable bonds is 4. The average molecular weight is 247 g/mol. The molecule has 0 bridgehead atoms. The second-order valence-electron chi connectivity index (χ2n) is 5.29. The van der Waals surface area contributed by atoms with Crippen molar-refractivity contribution < 1.29 is 0 Å². The smallest absolute Gasteiger partial charge is 0.00671 e. The zero-order valence-corrected chi connectivity index (χ0v) is 11.4. The molecule has 1 saturated carbocycles. The number of nitrogens with one attached hydrogen (secondary N) is 1. The Kier molecular flexibility index (Phi) is 6.71. The first-order valence-electron chi connectivity index (χ1n) is 6.84. The third kappa shape index (κ3) is 4.23. The molecule has 0 aromatic carbocycles. The first-order valence-corrected chi connectivity index (χ1v) is 6.84. The van der Waals surface area contributed by atoms with Gasteiger partial charge in [-0.05, 0) is 51.2 Å². The summed E-state index contributed by atoms with van der Waals surface area (Å²) >= 11 is 0. The highest BCUT2D eigenvalue weighted by Gasteiger charge is 2.20. The van der Waals surface area contributed by atoms with Crippen molar-refractivity contribution in [2.75, 3.05) is 26.2 Å². The Morgan fingerprint density at radius 1 is 1.12 bits per heavy atom. The topological polar surface area (TPSA) is 15.3 Å². The van der Waals surface area contributed by atoms with Crippen molar-refractivity contribution in [1.29, 1.82) is 0 Å². The molecule has 0 radical (unpaired) electrons. The fourth-order valence-corrected chi connectivity index (χ4v) is 3.07. The highest BCUT2D eigenvalue weighted by Crippen LogP contribution is 2.20. The maximum absolute atomic E-state index is 3.77. The van der Waals surface area contributed by atoms with Crippen molar-refractivity contribution in [3.8, 4) is 0 Å². The second-order valence-corrected chi connectivity index (χ2v) is 5.29. The van der Waals surface area contributed by atoms with E-state index in [-0.39, 0.29) is 12.4 Å². The van der Waals surface area contributed by atoms with Gasteiger partial charge in [0.15, 0.2) is 0 Å². The van der Waals surface area contributed by atoms with E-state index in [0.29, 0.717) is 0 Å². The molecule has 96 valence electrons. The fourth-order valence-electron chi connectivity index (χ4n) is 3.07. The van der Waals surface area contributed by atoms with Crippen molar-refractivity contribution in [3.63, 3.8) is 0 Å². The molecule has 2 rings (SSSR count). The Balaban J connectivity index is 0.00000128. The van der Waals surface area contributed by atoms with Crippen LogP contribution < -0.4 is 5.32 Å². The first kappa shape index (κ1) is 14.3. The summed E-state index contributed by atoms with van der Waals surface area (Å²) in [4.78, 5) is 2.60. The van der Waals surface area contributed by atoms with E-state index in [1.807, 2.05) is 0 Å². The van der Waals surface area contributed by atoms with Gasteiger partial charge in [-0.3, -0.25) is 0 Å². The Labute approximate surface area is 107 Å². The Morgan fingerprint density at radius 3 is 2.56 bits per heavy atom. The van der Waals surface area contributed by atoms with E-state index in [2.05, 4.69) is 17.1 Å². The Morgan fingerprint density at radius 2 is 1.88 bits per heavy atom. The summed E-state index contributed by atoms with van der Waals surface area (Å²) in [6.45, 7) is 7.44. The Bertz CT molecular complexity index is 181. The van der Waals surface area contributed by atoms with Crippen molar-refractivity contribution in [2.24, 2.45) is 5.92 Å². The normalized spacial score (nSPS) is 27.9. The van der Waals surface area contributed by atoms with Crippen molar-refractivity contribution in [1.82, 2.24) is 10.2 Å². The van der Waals surface area contributed by atoms with Crippen molar-refractivity contribution >= 4 is 12.4 Å². The molecule has 16 heavy (non-hydrogen) atoms. The summed E-state index contributed by atoms with van der Waals surface area (Å²) in [5.74, 6) is 0.916. The molecule has 2 nitrogen and oxygen atoms in total. The van der Waals surface area contributed by atoms with Gasteiger partial charge >= 0.3 is 0 Å². The van der Waals surface area contributed by atoms with E-state index >= 15 is 0 Å². The number of nitrogens with zero attached hydrogens (tertiary/aromatic N) is 1. The van der Waals surface area contributed by atoms with E-state index in [9.17, 15) is 0 Å². The molecule has 1 unspecified atom stereocenters. The lowest BCUT2D eigenvalue weighted by atomic mass is 9.97. The van der Waals surface area contributed by atoms with Gasteiger partial charge in [0.2, 0.25) is 0 Å². The number of likely N-dealkylation sites (tertiary alicyclic amines) is 1. The number of hydrogen-bond donors (Lipinski definition) is 1. The molecule has 2 aliphatic rings. The van der Waals surface area contributed by atoms with Gasteiger partial charge in [-0.2, -0.15) is 0 Å². The lowest BCUT2D eigenvalue weighted by Gasteiger charge is -2.32. The van der Waals surface area contributed by atoms with Crippen LogP contribution in [0.25, 0.3) is 0 Å². The van der Waals surface area contributed by atoms with Gasteiger partial charge in [0.25, 0.3) is 0 Å². The molecule has 3 heteroatoms. The average Bonchev–Trinajstić information content (AvgIpc) is 2.79. The zero-order valence-electron chi connectivity index (χ0n) is 10.6. The summed E-state index contributed by atoms with van der Waals surface area (Å²) < 4.78 is 0. The zero-order chi connectivity index (χ0) is 10.5. The van der Waals surface area contributed by atoms with Crippen LogP contribution in [0.15, 0.2) is 0 Å². The standard InChI is InChI=1S/C13H26N2.ClH/c1-2-15-9-5-6-12(11-15)10-14-13-7-3-4-8-13;/h12-14H,2-11H2,1H3;1H. The Hall–Kier alpha value is 0.210. The molecular weight excluding hydrogens is 220 g/mol. The second kappa shape index (κ2) is 7.52. The summed E-state index contributed by atoms with van der Waals surface area (Å²) in [6, 6.07) is 0.849. The molecule has 1 heterocycles. The minimum Gasteiger partial charge on any atom is -0.314 e. The van der Waals surface area contributed by atoms with Crippen LogP contribution >= 0.6 is 12.4 Å². The summed E-state index contributed by atoms with van der Waals surface area (Å²) in [7, 11) is 0. The molecule has 1 aliphatic carbocycles. The highest BCUT2D eigenvalue weighted by molar-refractivity contribution is 5.85. The van der Waals surface area contributed by atoms with Crippen molar-refractivity contribution in [2.45, 2.75) is 51.5 Å². The quantitative estimate of drug-likeness (QED) is 0.821. The molecule has 0 amide bonds. The largest absolute Gasteiger partial charge is 0.314 e. The highest BCUT2D eigenvalue weighted by atomic mass is 35.5. The minimum absolute atomic E-state index is 0. The lowest BCUT2D eigenvalue weighted by Crippen LogP contribution is -2.41. The van der Waals surface area contributed by atoms with E-state index < -0.39 is 0 Å². The van der Waals surface area contributed by atoms with Crippen molar-refractivity contribution in [3.05, 3.63) is 0 Å². The lowest BCUT2D eigenvalue weighted by molar-refractivity contribution is 0.177. The van der Waals surface area contributed by atoms with Gasteiger partial charge in [0.1, 0.15) is 0 Å². The third-order valence-corrected chi connectivity index (χ3v) is 4.10. The van der Waals surface area contributed by atoms with Crippen LogP contribution in [0.2, 0.25) is 0 Å². The van der Waals surface area contributed by atoms with E-state index in [0.717, 1.165) is 12.0 Å². The van der Waals surface area contributed by atoms with Gasteiger partial charge < -0.3 is 10.2 Å². The van der Waals surface area contributed by atoms with Gasteiger partial charge in [-0.15, -0.1) is 12.4 Å². The van der Waals surface area contributed by atoms with Gasteiger partial charge in [0.05, 0.1) is 0 Å². The first-order chi connectivity index (χ1) is 7.38. The SMILES string of the molecule is CCN1CCCC(CNC2CCCC2)C1.Cl. The molecule has 0 aromatic rings. The van der Waals surface area contributed by atoms with Gasteiger partial charge in [-0.1, -0.05) is 19.8 Å². The van der Waals surface area contributed by atoms with Gasteiger partial charge in [0, 0.05) is 12.6 Å². The molecule has 0 spiro atoms. The molecule has 2 fully saturated rings. The maximum atomic E-state index is 3.77. The predicted octanol–water partition coefficient (Wildman–Crippen LogP) is 2.67. The fraction of sp³-hybridized carbons (Fsp3) is 1.00. The van der Waals surface area contributed by atoms with Crippen LogP contribution in [0, 0.1) is 5.92 Å². The molecular formula is C13H27ClN2. The molecule has 0 aromatic heterocycles. The monoisotopic (exact) mass is 246 g/mol. The maximum Gasteiger partial charge on any atom is 0.00671 e. The van der Waals surface area contributed by atoms with E-state index in [1.165, 1.54) is 64.7 Å². The summed E-state index contributed by atoms with van der Waals surface area (Å²) in [5, 5.41) is 3.77. The van der Waals surface area contributed by atoms with Crippen LogP contribution in [-0.4, -0.2) is 37.1 Å². The summed E-state index contributed by atoms with van der Waals surface area (Å²) in [6.07, 6.45) is 8.59. The number of halogens is 1. The molecule has 1 atom stereocenters. The van der Waals surface area contributed by atoms with Gasteiger partial charge in [-0.25, -0.2) is 0 Å².